The molecule has 284 valence electrons. The first kappa shape index (κ1) is 42.1. The van der Waals surface area contributed by atoms with E-state index in [-0.39, 0.29) is 35.6 Å². The monoisotopic (exact) mass is 866 g/mol. The molecule has 6 aromatic rings. The van der Waals surface area contributed by atoms with Gasteiger partial charge in [0.2, 0.25) is 0 Å². The summed E-state index contributed by atoms with van der Waals surface area (Å²) in [6, 6.07) is 49.7. The molecule has 0 unspecified atom stereocenters. The Labute approximate surface area is 356 Å². The largest absolute Gasteiger partial charge is 0.147 e. The second-order valence-electron chi connectivity index (χ2n) is 17.5. The molecular weight excluding hydrogens is 815 g/mol. The van der Waals surface area contributed by atoms with Crippen molar-refractivity contribution in [2.24, 2.45) is 0 Å². The van der Waals surface area contributed by atoms with Gasteiger partial charge in [0, 0.05) is 0 Å². The van der Waals surface area contributed by atoms with E-state index >= 15 is 0 Å². The standard InChI is InChI=1S/C33H33.C14H14Si.C5H5.2ClH.Zr/c1-32(2,3)30-20-26-24(18-28(30)22-13-9-7-10-14-22)17-25-19-29(23-15-11-8-12-16-23)31(21-27(25)26)33(4,5)6;1-11-3-7-13(8-4-11)15-14-9-5-12(2)6-10-14;1-2-4-5-3-1;;;/h7-16,18,20-21H,17H2,1-6H3;3-10H,1-2H3;1-3H,4H2;2*1H;. The van der Waals surface area contributed by atoms with E-state index in [1.54, 1.807) is 22.5 Å². The van der Waals surface area contributed by atoms with Crippen LogP contribution in [0.2, 0.25) is 0 Å². The quantitative estimate of drug-likeness (QED) is 0.146. The second kappa shape index (κ2) is 16.8. The molecule has 0 amide bonds. The number of fused-ring (bicyclic) bond motifs is 3. The van der Waals surface area contributed by atoms with E-state index in [2.05, 4.69) is 201 Å². The van der Waals surface area contributed by atoms with Crippen LogP contribution in [0.1, 0.15) is 81.3 Å². The van der Waals surface area contributed by atoms with E-state index in [4.69, 9.17) is 0 Å². The van der Waals surface area contributed by atoms with Crippen molar-refractivity contribution in [1.29, 1.82) is 0 Å². The summed E-state index contributed by atoms with van der Waals surface area (Å²) in [6.45, 7) is 18.9. The third-order valence-electron chi connectivity index (χ3n) is 11.4. The van der Waals surface area contributed by atoms with Gasteiger partial charge in [0.15, 0.2) is 0 Å². The minimum absolute atomic E-state index is 0. The predicted molar refractivity (Wildman–Crippen MR) is 246 cm³/mol. The Morgan fingerprint density at radius 2 is 1.07 bits per heavy atom. The van der Waals surface area contributed by atoms with E-state index in [0.717, 1.165) is 12.8 Å². The van der Waals surface area contributed by atoms with Crippen LogP contribution in [0.4, 0.5) is 0 Å². The van der Waals surface area contributed by atoms with Gasteiger partial charge < -0.3 is 0 Å². The summed E-state index contributed by atoms with van der Waals surface area (Å²) in [5.74, 6) is 0. The van der Waals surface area contributed by atoms with E-state index in [0.29, 0.717) is 0 Å². The fraction of sp³-hybridized carbons (Fsp3) is 0.231. The van der Waals surface area contributed by atoms with E-state index < -0.39 is 25.8 Å². The van der Waals surface area contributed by atoms with Crippen molar-refractivity contribution in [3.8, 4) is 33.4 Å². The van der Waals surface area contributed by atoms with Crippen molar-refractivity contribution < 1.29 is 20.4 Å². The summed E-state index contributed by atoms with van der Waals surface area (Å²) < 4.78 is 3.47. The van der Waals surface area contributed by atoms with Crippen LogP contribution in [0.25, 0.3) is 33.4 Å². The average molecular weight is 869 g/mol. The van der Waals surface area contributed by atoms with Gasteiger partial charge >= 0.3 is 334 Å². The number of rotatable bonds is 6. The molecule has 4 heteroatoms. The molecule has 0 heterocycles. The number of aryl methyl sites for hydroxylation is 2. The van der Waals surface area contributed by atoms with Gasteiger partial charge in [-0.2, -0.15) is 0 Å². The molecule has 6 aromatic carbocycles. The molecule has 0 atom stereocenters. The average Bonchev–Trinajstić information content (AvgIpc) is 3.82. The smallest absolute Gasteiger partial charge is 0.147 e. The minimum Gasteiger partial charge on any atom is -0.147 e. The molecule has 2 aliphatic carbocycles. The normalized spacial score (nSPS) is 13.0. The van der Waals surface area contributed by atoms with Crippen LogP contribution >= 0.6 is 24.8 Å². The van der Waals surface area contributed by atoms with E-state index in [1.807, 2.05) is 0 Å². The van der Waals surface area contributed by atoms with Crippen molar-refractivity contribution in [1.82, 2.24) is 0 Å². The Morgan fingerprint density at radius 1 is 0.554 bits per heavy atom. The zero-order valence-electron chi connectivity index (χ0n) is 34.1. The molecule has 0 fully saturated rings. The van der Waals surface area contributed by atoms with Crippen molar-refractivity contribution in [3.05, 3.63) is 182 Å². The molecule has 0 bridgehead atoms. The van der Waals surface area contributed by atoms with E-state index in [1.165, 1.54) is 61.2 Å². The third-order valence-corrected chi connectivity index (χ3v) is 30.1. The van der Waals surface area contributed by atoms with Crippen LogP contribution in [0, 0.1) is 13.8 Å². The SMILES string of the molecule is Cc1ccc([Si](c2ccc(C)cc2)=[Zr]([C]2=CC=CC2)[c]2c3c(cc(C(C)(C)C)c2-c2ccccc2)-c2cc(C(C)(C)C)c(-c4ccccc4)cc2C3)cc1.Cl.Cl. The molecule has 0 aliphatic heterocycles. The Hall–Kier alpha value is -3.52. The number of hydrogen-bond acceptors (Lipinski definition) is 0. The maximum Gasteiger partial charge on any atom is -0.147 e. The summed E-state index contributed by atoms with van der Waals surface area (Å²) in [6.07, 6.45) is 9.37. The number of allylic oxidation sites excluding steroid dienone is 4. The van der Waals surface area contributed by atoms with Crippen molar-refractivity contribution in [2.45, 2.75) is 79.1 Å². The fourth-order valence-electron chi connectivity index (χ4n) is 8.60. The number of benzene rings is 6. The zero-order chi connectivity index (χ0) is 37.8. The second-order valence-corrected chi connectivity index (χ2v) is 30.7. The van der Waals surface area contributed by atoms with Gasteiger partial charge in [-0.15, -0.1) is 24.8 Å². The van der Waals surface area contributed by atoms with Crippen molar-refractivity contribution >= 4 is 43.9 Å². The summed E-state index contributed by atoms with van der Waals surface area (Å²) >= 11 is -2.85. The summed E-state index contributed by atoms with van der Waals surface area (Å²) in [7, 11) is 0. The summed E-state index contributed by atoms with van der Waals surface area (Å²) in [4.78, 5) is 0. The Kier molecular flexibility index (Phi) is 12.6. The van der Waals surface area contributed by atoms with Crippen LogP contribution in [-0.4, -0.2) is 5.43 Å². The maximum absolute atomic E-state index is 2.85. The summed E-state index contributed by atoms with van der Waals surface area (Å²) in [5, 5.41) is 3.12. The van der Waals surface area contributed by atoms with Gasteiger partial charge in [-0.1, -0.05) is 0 Å². The van der Waals surface area contributed by atoms with Crippen LogP contribution < -0.4 is 13.6 Å². The van der Waals surface area contributed by atoms with Crippen molar-refractivity contribution in [3.63, 3.8) is 0 Å². The molecule has 0 spiro atoms. The van der Waals surface area contributed by atoms with Crippen LogP contribution in [0.3, 0.4) is 0 Å². The first-order valence-corrected chi connectivity index (χ1v) is 27.3. The molecule has 0 N–H and O–H groups in total. The van der Waals surface area contributed by atoms with Gasteiger partial charge in [-0.05, 0) is 0 Å². The molecule has 0 radical (unpaired) electrons. The van der Waals surface area contributed by atoms with Gasteiger partial charge in [0.1, 0.15) is 0 Å². The summed E-state index contributed by atoms with van der Waals surface area (Å²) in [5.41, 5.74) is 15.9. The molecule has 0 saturated heterocycles. The Balaban J connectivity index is 0.00000266. The molecule has 8 rings (SSSR count). The fourth-order valence-corrected chi connectivity index (χ4v) is 29.6. The third kappa shape index (κ3) is 8.11. The van der Waals surface area contributed by atoms with Crippen LogP contribution in [0.15, 0.2) is 149 Å². The first-order valence-electron chi connectivity index (χ1n) is 19.6. The Bertz CT molecular complexity index is 2430. The first-order chi connectivity index (χ1) is 25.9. The van der Waals surface area contributed by atoms with Crippen LogP contribution in [0.5, 0.6) is 0 Å². The number of hydrogen-bond donors (Lipinski definition) is 0. The minimum atomic E-state index is -2.85. The van der Waals surface area contributed by atoms with Gasteiger partial charge in [0.05, 0.1) is 0 Å². The molecule has 2 aliphatic rings. The predicted octanol–water partition coefficient (Wildman–Crippen LogP) is 12.5. The van der Waals surface area contributed by atoms with Gasteiger partial charge in [0.25, 0.3) is 0 Å². The van der Waals surface area contributed by atoms with Crippen LogP contribution in [-0.2, 0) is 37.6 Å². The van der Waals surface area contributed by atoms with Gasteiger partial charge in [-0.3, -0.25) is 0 Å². The molecular formula is C52H54Cl2SiZr. The number of halogens is 2. The molecule has 56 heavy (non-hydrogen) atoms. The zero-order valence-corrected chi connectivity index (χ0v) is 39.2. The topological polar surface area (TPSA) is 0 Å². The molecule has 0 aromatic heterocycles. The molecule has 0 saturated carbocycles. The maximum atomic E-state index is 2.63. The van der Waals surface area contributed by atoms with E-state index in [9.17, 15) is 0 Å². The molecule has 0 nitrogen and oxygen atoms in total. The van der Waals surface area contributed by atoms with Crippen molar-refractivity contribution in [2.75, 3.05) is 0 Å². The van der Waals surface area contributed by atoms with Gasteiger partial charge in [-0.25, -0.2) is 0 Å². The Morgan fingerprint density at radius 3 is 1.57 bits per heavy atom.